The first kappa shape index (κ1) is 26.5. The van der Waals surface area contributed by atoms with E-state index in [4.69, 9.17) is 27.7 Å². The summed E-state index contributed by atoms with van der Waals surface area (Å²) in [5.41, 5.74) is 4.63. The minimum atomic E-state index is -3.44. The van der Waals surface area contributed by atoms with Crippen molar-refractivity contribution in [1.82, 2.24) is 5.32 Å². The van der Waals surface area contributed by atoms with E-state index >= 15 is 0 Å². The molecule has 0 saturated carbocycles. The second-order valence-electron chi connectivity index (χ2n) is 7.68. The molecule has 0 spiro atoms. The van der Waals surface area contributed by atoms with E-state index < -0.39 is 25.3 Å². The van der Waals surface area contributed by atoms with Crippen molar-refractivity contribution in [3.05, 3.63) is 99.0 Å². The molecule has 6 nitrogen and oxygen atoms in total. The lowest BCUT2D eigenvalue weighted by Crippen LogP contribution is -2.42. The molecule has 0 saturated heterocycles. The molecule has 0 heterocycles. The predicted octanol–water partition coefficient (Wildman–Crippen LogP) is 5.29. The Morgan fingerprint density at radius 1 is 1.06 bits per heavy atom. The Bertz CT molecular complexity index is 1340. The molecule has 3 aromatic rings. The lowest BCUT2D eigenvalue weighted by Gasteiger charge is -2.16. The fourth-order valence-corrected chi connectivity index (χ4v) is 5.28. The fraction of sp³-hybridized carbons (Fsp3) is 0.154. The number of halogens is 2. The third-order valence-electron chi connectivity index (χ3n) is 5.10. The van der Waals surface area contributed by atoms with Gasteiger partial charge in [0.2, 0.25) is 0 Å². The Balaban J connectivity index is 1.84. The van der Waals surface area contributed by atoms with Crippen LogP contribution in [0.25, 0.3) is 0 Å². The number of hydrogen-bond acceptors (Lipinski definition) is 4. The Morgan fingerprint density at radius 3 is 2.29 bits per heavy atom. The maximum Gasteiger partial charge on any atom is 0.326 e. The van der Waals surface area contributed by atoms with E-state index in [9.17, 15) is 19.3 Å². The van der Waals surface area contributed by atoms with Gasteiger partial charge in [-0.05, 0) is 42.4 Å². The van der Waals surface area contributed by atoms with Crippen LogP contribution in [-0.2, 0) is 20.3 Å². The molecule has 0 radical (unpaired) electrons. The summed E-state index contributed by atoms with van der Waals surface area (Å²) < 4.78 is 18.3. The Labute approximate surface area is 213 Å². The predicted molar refractivity (Wildman–Crippen MR) is 138 cm³/mol. The van der Waals surface area contributed by atoms with Gasteiger partial charge < -0.3 is 14.9 Å². The first-order chi connectivity index (χ1) is 16.6. The van der Waals surface area contributed by atoms with Gasteiger partial charge in [-0.2, -0.15) is 0 Å². The lowest BCUT2D eigenvalue weighted by atomic mass is 10.0. The highest BCUT2D eigenvalue weighted by Crippen LogP contribution is 2.43. The minimum absolute atomic E-state index is 0.0223. The van der Waals surface area contributed by atoms with Crippen LogP contribution >= 0.6 is 30.6 Å². The van der Waals surface area contributed by atoms with Gasteiger partial charge in [0.15, 0.2) is 0 Å². The number of nitrogens with one attached hydrogen (secondary N) is 1. The summed E-state index contributed by atoms with van der Waals surface area (Å²) in [7, 11) is -2.13. The van der Waals surface area contributed by atoms with E-state index in [1.54, 1.807) is 36.4 Å². The molecule has 0 bridgehead atoms. The molecular weight excluding hydrogens is 508 g/mol. The van der Waals surface area contributed by atoms with Crippen LogP contribution in [-0.4, -0.2) is 30.1 Å². The lowest BCUT2D eigenvalue weighted by molar-refractivity contribution is -0.139. The molecule has 3 rings (SSSR count). The van der Waals surface area contributed by atoms with Crippen LogP contribution in [0.15, 0.2) is 66.7 Å². The third kappa shape index (κ3) is 6.75. The number of carbonyl (C=O) groups excluding carboxylic acids is 1. The van der Waals surface area contributed by atoms with Gasteiger partial charge in [-0.25, -0.2) is 4.79 Å². The Hall–Kier alpha value is -3.07. The topological polar surface area (TPSA) is 92.7 Å². The van der Waals surface area contributed by atoms with E-state index in [1.807, 2.05) is 25.1 Å². The molecule has 0 aromatic heterocycles. The smallest absolute Gasteiger partial charge is 0.326 e. The number of aliphatic carboxylic acids is 1. The van der Waals surface area contributed by atoms with Crippen molar-refractivity contribution in [2.45, 2.75) is 19.4 Å². The molecule has 2 atom stereocenters. The molecule has 0 fully saturated rings. The average molecular weight is 530 g/mol. The number of hydrogen-bond donors (Lipinski definition) is 2. The number of carboxylic acids is 1. The van der Waals surface area contributed by atoms with Crippen LogP contribution in [0.1, 0.15) is 27.0 Å². The number of benzene rings is 3. The van der Waals surface area contributed by atoms with Crippen LogP contribution in [0.2, 0.25) is 10.0 Å². The van der Waals surface area contributed by atoms with Gasteiger partial charge in [0.25, 0.3) is 5.91 Å². The van der Waals surface area contributed by atoms with Gasteiger partial charge in [-0.15, -0.1) is 0 Å². The van der Waals surface area contributed by atoms with Crippen LogP contribution in [0.3, 0.4) is 0 Å². The van der Waals surface area contributed by atoms with E-state index in [0.717, 1.165) is 11.1 Å². The number of aryl methyl sites for hydroxylation is 1. The van der Waals surface area contributed by atoms with Crippen molar-refractivity contribution >= 4 is 47.8 Å². The molecule has 0 aliphatic heterocycles. The normalized spacial score (nSPS) is 13.1. The first-order valence-corrected chi connectivity index (χ1v) is 12.8. The fourth-order valence-electron chi connectivity index (χ4n) is 3.35. The van der Waals surface area contributed by atoms with Gasteiger partial charge in [-0.1, -0.05) is 77.2 Å². The van der Waals surface area contributed by atoms with Crippen LogP contribution < -0.4 is 10.6 Å². The highest BCUT2D eigenvalue weighted by atomic mass is 35.5. The summed E-state index contributed by atoms with van der Waals surface area (Å²) in [6.07, 6.45) is 0.0906. The second kappa shape index (κ2) is 11.6. The first-order valence-electron chi connectivity index (χ1n) is 10.5. The Morgan fingerprint density at radius 2 is 1.71 bits per heavy atom. The second-order valence-corrected chi connectivity index (χ2v) is 10.7. The summed E-state index contributed by atoms with van der Waals surface area (Å²) in [5, 5.41) is 12.5. The SMILES string of the molecule is COP(=O)(C#Cc1cc(Cl)c(C(=O)N[C@@H](Cc2cccc(C)c2)C(=O)O)c(Cl)c1)c1ccccc1. The molecule has 2 N–H and O–H groups in total. The third-order valence-corrected chi connectivity index (χ3v) is 7.59. The van der Waals surface area contributed by atoms with Gasteiger partial charge >= 0.3 is 13.3 Å². The molecule has 35 heavy (non-hydrogen) atoms. The van der Waals surface area contributed by atoms with E-state index in [-0.39, 0.29) is 22.0 Å². The largest absolute Gasteiger partial charge is 0.480 e. The zero-order valence-electron chi connectivity index (χ0n) is 18.9. The van der Waals surface area contributed by atoms with Crippen molar-refractivity contribution in [3.63, 3.8) is 0 Å². The molecule has 9 heteroatoms. The molecule has 0 aliphatic rings. The zero-order chi connectivity index (χ0) is 25.6. The average Bonchev–Trinajstić information content (AvgIpc) is 2.82. The van der Waals surface area contributed by atoms with Crippen LogP contribution in [0.5, 0.6) is 0 Å². The number of rotatable bonds is 7. The molecule has 3 aromatic carbocycles. The van der Waals surface area contributed by atoms with Crippen molar-refractivity contribution < 1.29 is 23.8 Å². The summed E-state index contributed by atoms with van der Waals surface area (Å²) in [6, 6.07) is 17.5. The van der Waals surface area contributed by atoms with Gasteiger partial charge in [-0.3, -0.25) is 9.36 Å². The summed E-state index contributed by atoms with van der Waals surface area (Å²) >= 11 is 12.6. The quantitative estimate of drug-likeness (QED) is 0.320. The van der Waals surface area contributed by atoms with E-state index in [2.05, 4.69) is 16.9 Å². The molecule has 0 aliphatic carbocycles. The van der Waals surface area contributed by atoms with Gasteiger partial charge in [0.05, 0.1) is 15.6 Å². The Kier molecular flexibility index (Phi) is 8.77. The number of carbonyl (C=O) groups is 2. The van der Waals surface area contributed by atoms with Gasteiger partial charge in [0.1, 0.15) is 6.04 Å². The van der Waals surface area contributed by atoms with Crippen LogP contribution in [0, 0.1) is 18.5 Å². The monoisotopic (exact) mass is 529 g/mol. The maximum absolute atomic E-state index is 13.1. The van der Waals surface area contributed by atoms with Crippen molar-refractivity contribution in [2.75, 3.05) is 7.11 Å². The minimum Gasteiger partial charge on any atom is -0.480 e. The maximum atomic E-state index is 13.1. The summed E-state index contributed by atoms with van der Waals surface area (Å²) in [6.45, 7) is 1.90. The zero-order valence-corrected chi connectivity index (χ0v) is 21.3. The van der Waals surface area contributed by atoms with Crippen molar-refractivity contribution in [1.29, 1.82) is 0 Å². The number of carboxylic acid groups (broad SMARTS) is 1. The summed E-state index contributed by atoms with van der Waals surface area (Å²) in [4.78, 5) is 24.6. The molecule has 1 unspecified atom stereocenters. The number of amides is 1. The van der Waals surface area contributed by atoms with Crippen LogP contribution in [0.4, 0.5) is 0 Å². The van der Waals surface area contributed by atoms with E-state index in [0.29, 0.717) is 10.9 Å². The standard InChI is InChI=1S/C26H22Cl2NO5P/c1-17-7-6-8-18(13-17)16-23(26(31)32)29-25(30)24-21(27)14-19(15-22(24)28)11-12-35(33,34-2)20-9-4-3-5-10-20/h3-10,13-15,23H,16H2,1-2H3,(H,29,30)(H,31,32)/t23-,35?/m0/s1. The summed E-state index contributed by atoms with van der Waals surface area (Å²) in [5.74, 6) is 0.827. The highest BCUT2D eigenvalue weighted by molar-refractivity contribution is 7.71. The van der Waals surface area contributed by atoms with E-state index in [1.165, 1.54) is 19.2 Å². The molecule has 180 valence electrons. The van der Waals surface area contributed by atoms with Crippen molar-refractivity contribution in [3.8, 4) is 11.6 Å². The molecular formula is C26H22Cl2NO5P. The molecule has 1 amide bonds. The highest BCUT2D eigenvalue weighted by Gasteiger charge is 2.25. The van der Waals surface area contributed by atoms with Crippen molar-refractivity contribution in [2.24, 2.45) is 0 Å². The van der Waals surface area contributed by atoms with Gasteiger partial charge in [0, 0.05) is 24.4 Å².